The predicted octanol–water partition coefficient (Wildman–Crippen LogP) is 4.55. The van der Waals surface area contributed by atoms with Gasteiger partial charge in [-0.3, -0.25) is 14.4 Å². The Morgan fingerprint density at radius 3 is 2.44 bits per heavy atom. The van der Waals surface area contributed by atoms with E-state index in [2.05, 4.69) is 0 Å². The van der Waals surface area contributed by atoms with Crippen LogP contribution in [0.15, 0.2) is 60.7 Å². The number of para-hydroxylation sites is 1. The number of aliphatic carboxylic acids is 1. The number of benzene rings is 3. The fraction of sp³-hybridized carbons (Fsp3) is 0.344. The van der Waals surface area contributed by atoms with E-state index in [-0.39, 0.29) is 30.7 Å². The number of fused-ring (bicyclic) bond motifs is 1. The third kappa shape index (κ3) is 6.83. The molecular weight excluding hydrogens is 576 g/mol. The van der Waals surface area contributed by atoms with Gasteiger partial charge in [-0.15, -0.1) is 0 Å². The minimum atomic E-state index is -1.32. The summed E-state index contributed by atoms with van der Waals surface area (Å²) in [6.45, 7) is 3.56. The number of ketones is 1. The van der Waals surface area contributed by atoms with Gasteiger partial charge in [-0.2, -0.15) is 0 Å². The molecule has 0 spiro atoms. The number of aliphatic hydroxyl groups is 1. The number of halogens is 1. The van der Waals surface area contributed by atoms with Crippen molar-refractivity contribution in [3.8, 4) is 11.5 Å². The minimum Gasteiger partial charge on any atom is -0.493 e. The van der Waals surface area contributed by atoms with E-state index in [4.69, 9.17) is 31.5 Å². The van der Waals surface area contributed by atoms with Crippen LogP contribution in [0.25, 0.3) is 0 Å². The maximum Gasteiger partial charge on any atom is 0.325 e. The van der Waals surface area contributed by atoms with Crippen LogP contribution in [0.5, 0.6) is 11.5 Å². The lowest BCUT2D eigenvalue weighted by atomic mass is 9.92. The number of Topliss-reactive ketones (excluding diaryl/α,β-unsaturated/α-hetero) is 1. The molecule has 0 fully saturated rings. The number of nitrogens with two attached hydrogens (primary N) is 1. The van der Waals surface area contributed by atoms with E-state index in [1.54, 1.807) is 42.5 Å². The monoisotopic (exact) mass is 610 g/mol. The number of methoxy groups -OCH3 is 2. The highest BCUT2D eigenvalue weighted by atomic mass is 35.5. The van der Waals surface area contributed by atoms with Crippen molar-refractivity contribution in [1.82, 2.24) is 0 Å². The maximum absolute atomic E-state index is 14.3. The normalized spacial score (nSPS) is 17.6. The molecule has 3 atom stereocenters. The Kier molecular flexibility index (Phi) is 9.76. The van der Waals surface area contributed by atoms with E-state index < -0.39 is 41.3 Å². The highest BCUT2D eigenvalue weighted by Crippen LogP contribution is 2.45. The Bertz CT molecular complexity index is 1520. The van der Waals surface area contributed by atoms with Crippen molar-refractivity contribution in [3.63, 3.8) is 0 Å². The third-order valence-corrected chi connectivity index (χ3v) is 7.57. The number of carbonyl (C=O) groups is 3. The van der Waals surface area contributed by atoms with Crippen LogP contribution >= 0.6 is 11.6 Å². The van der Waals surface area contributed by atoms with Crippen molar-refractivity contribution in [1.29, 1.82) is 0 Å². The second kappa shape index (κ2) is 13.1. The molecule has 3 aromatic carbocycles. The lowest BCUT2D eigenvalue weighted by Crippen LogP contribution is -2.45. The number of hydrogen-bond donors (Lipinski definition) is 3. The highest BCUT2D eigenvalue weighted by Gasteiger charge is 2.40. The molecule has 1 aliphatic heterocycles. The number of carboxylic acids is 1. The lowest BCUT2D eigenvalue weighted by Gasteiger charge is -2.32. The molecule has 0 bridgehead atoms. The van der Waals surface area contributed by atoms with Gasteiger partial charge in [0, 0.05) is 52.4 Å². The van der Waals surface area contributed by atoms with Gasteiger partial charge in [0.15, 0.2) is 17.3 Å². The summed E-state index contributed by atoms with van der Waals surface area (Å²) >= 11 is 6.46. The van der Waals surface area contributed by atoms with Crippen LogP contribution in [0.1, 0.15) is 59.5 Å². The van der Waals surface area contributed by atoms with Gasteiger partial charge in [-0.05, 0) is 35.9 Å². The van der Waals surface area contributed by atoms with Crippen molar-refractivity contribution in [2.45, 2.75) is 38.5 Å². The van der Waals surface area contributed by atoms with Crippen LogP contribution in [0, 0.1) is 5.41 Å². The van der Waals surface area contributed by atoms with Crippen LogP contribution in [-0.4, -0.2) is 61.3 Å². The first kappa shape index (κ1) is 32.0. The summed E-state index contributed by atoms with van der Waals surface area (Å²) in [5.41, 5.74) is 7.13. The Labute approximate surface area is 254 Å². The number of rotatable bonds is 11. The molecule has 1 unspecified atom stereocenters. The second-order valence-corrected chi connectivity index (χ2v) is 11.5. The topological polar surface area (TPSA) is 149 Å². The lowest BCUT2D eigenvalue weighted by molar-refractivity contribution is -0.138. The van der Waals surface area contributed by atoms with Crippen molar-refractivity contribution in [3.05, 3.63) is 87.9 Å². The number of aliphatic hydroxyl groups excluding tert-OH is 1. The Morgan fingerprint density at radius 1 is 1.07 bits per heavy atom. The van der Waals surface area contributed by atoms with Gasteiger partial charge in [0.25, 0.3) is 5.91 Å². The number of ether oxygens (including phenoxy) is 3. The molecule has 228 valence electrons. The summed E-state index contributed by atoms with van der Waals surface area (Å²) in [6, 6.07) is 15.0. The van der Waals surface area contributed by atoms with Crippen LogP contribution < -0.4 is 20.1 Å². The standard InChI is InChI=1S/C32H35ClN2O8/c1-32(2,17-36)16-35-23-12-11-20(33)14-22(23)28(21-9-6-10-25(41-3)29(21)42-4)43-26(30(35)38)15-24(37)18-7-5-8-19(13-18)27(34)31(39)40/h5-14,26-28,36H,15-17,34H2,1-4H3,(H,39,40)/t26-,27?,28-/m1/s1. The predicted molar refractivity (Wildman–Crippen MR) is 161 cm³/mol. The average molecular weight is 611 g/mol. The van der Waals surface area contributed by atoms with E-state index in [1.165, 1.54) is 37.3 Å². The van der Waals surface area contributed by atoms with Crippen LogP contribution in [0.3, 0.4) is 0 Å². The van der Waals surface area contributed by atoms with Gasteiger partial charge in [-0.25, -0.2) is 0 Å². The minimum absolute atomic E-state index is 0.121. The van der Waals surface area contributed by atoms with Crippen molar-refractivity contribution < 1.29 is 38.8 Å². The quantitative estimate of drug-likeness (QED) is 0.266. The number of carbonyl (C=O) groups excluding carboxylic acids is 2. The van der Waals surface area contributed by atoms with E-state index in [9.17, 15) is 24.6 Å². The molecule has 4 N–H and O–H groups in total. The molecule has 1 heterocycles. The molecule has 43 heavy (non-hydrogen) atoms. The summed E-state index contributed by atoms with van der Waals surface area (Å²) in [6.07, 6.45) is -2.54. The Hall–Kier alpha value is -3.96. The molecular formula is C32H35ClN2O8. The smallest absolute Gasteiger partial charge is 0.325 e. The fourth-order valence-corrected chi connectivity index (χ4v) is 5.22. The van der Waals surface area contributed by atoms with Crippen LogP contribution in [-0.2, 0) is 14.3 Å². The fourth-order valence-electron chi connectivity index (χ4n) is 5.04. The van der Waals surface area contributed by atoms with Gasteiger partial charge in [-0.1, -0.05) is 55.8 Å². The molecule has 0 saturated heterocycles. The molecule has 10 nitrogen and oxygen atoms in total. The molecule has 11 heteroatoms. The zero-order valence-corrected chi connectivity index (χ0v) is 25.1. The first-order valence-corrected chi connectivity index (χ1v) is 14.0. The SMILES string of the molecule is COc1cccc([C@H]2O[C@H](CC(=O)c3cccc(C(N)C(=O)O)c3)C(=O)N(CC(C)(C)CO)c3ccc(Cl)cc32)c1OC. The van der Waals surface area contributed by atoms with Crippen molar-refractivity contribution >= 4 is 34.9 Å². The van der Waals surface area contributed by atoms with Crippen LogP contribution in [0.4, 0.5) is 5.69 Å². The van der Waals surface area contributed by atoms with Gasteiger partial charge < -0.3 is 35.1 Å². The van der Waals surface area contributed by atoms with E-state index in [0.717, 1.165) is 0 Å². The Morgan fingerprint density at radius 2 is 1.79 bits per heavy atom. The number of anilines is 1. The molecule has 0 aliphatic carbocycles. The average Bonchev–Trinajstić information content (AvgIpc) is 3.10. The molecule has 4 rings (SSSR count). The summed E-state index contributed by atoms with van der Waals surface area (Å²) in [5, 5.41) is 19.8. The van der Waals surface area contributed by atoms with Crippen molar-refractivity contribution in [2.24, 2.45) is 11.1 Å². The largest absolute Gasteiger partial charge is 0.493 e. The van der Waals surface area contributed by atoms with E-state index in [1.807, 2.05) is 13.8 Å². The number of carboxylic acid groups (broad SMARTS) is 1. The van der Waals surface area contributed by atoms with Gasteiger partial charge in [0.2, 0.25) is 0 Å². The second-order valence-electron chi connectivity index (χ2n) is 11.1. The van der Waals surface area contributed by atoms with Crippen molar-refractivity contribution in [2.75, 3.05) is 32.3 Å². The number of amides is 1. The first-order chi connectivity index (χ1) is 20.4. The zero-order valence-electron chi connectivity index (χ0n) is 24.4. The maximum atomic E-state index is 14.3. The molecule has 0 aromatic heterocycles. The number of hydrogen-bond acceptors (Lipinski definition) is 8. The third-order valence-electron chi connectivity index (χ3n) is 7.34. The van der Waals surface area contributed by atoms with Gasteiger partial charge in [0.05, 0.1) is 14.2 Å². The van der Waals surface area contributed by atoms with Gasteiger partial charge >= 0.3 is 5.97 Å². The summed E-state index contributed by atoms with van der Waals surface area (Å²) in [7, 11) is 3.00. The number of nitrogens with zero attached hydrogens (tertiary/aromatic N) is 1. The van der Waals surface area contributed by atoms with Crippen LogP contribution in [0.2, 0.25) is 5.02 Å². The van der Waals surface area contributed by atoms with E-state index in [0.29, 0.717) is 33.3 Å². The molecule has 1 aliphatic rings. The first-order valence-electron chi connectivity index (χ1n) is 13.6. The summed E-state index contributed by atoms with van der Waals surface area (Å²) in [4.78, 5) is 40.8. The molecule has 3 aromatic rings. The summed E-state index contributed by atoms with van der Waals surface area (Å²) < 4.78 is 17.7. The molecule has 0 radical (unpaired) electrons. The molecule has 1 amide bonds. The Balaban J connectivity index is 1.85. The van der Waals surface area contributed by atoms with Gasteiger partial charge in [0.1, 0.15) is 18.2 Å². The molecule has 0 saturated carbocycles. The van der Waals surface area contributed by atoms with E-state index >= 15 is 0 Å². The zero-order chi connectivity index (χ0) is 31.5. The highest BCUT2D eigenvalue weighted by molar-refractivity contribution is 6.30. The summed E-state index contributed by atoms with van der Waals surface area (Å²) in [5.74, 6) is -1.33.